The number of nitrogens with zero attached hydrogens (tertiary/aromatic N) is 2. The summed E-state index contributed by atoms with van der Waals surface area (Å²) in [5.74, 6) is -1.22. The van der Waals surface area contributed by atoms with Crippen LogP contribution < -0.4 is 15.4 Å². The summed E-state index contributed by atoms with van der Waals surface area (Å²) in [6, 6.07) is 5.07. The second kappa shape index (κ2) is 9.38. The van der Waals surface area contributed by atoms with Crippen LogP contribution in [0.1, 0.15) is 17.2 Å². The summed E-state index contributed by atoms with van der Waals surface area (Å²) >= 11 is 5.87. The van der Waals surface area contributed by atoms with E-state index in [-0.39, 0.29) is 29.9 Å². The van der Waals surface area contributed by atoms with Gasteiger partial charge < -0.3 is 20.3 Å². The van der Waals surface area contributed by atoms with Crippen molar-refractivity contribution in [1.29, 1.82) is 0 Å². The Labute approximate surface area is 179 Å². The highest BCUT2D eigenvalue weighted by atomic mass is 35.5. The number of ether oxygens (including phenoxy) is 1. The fraction of sp³-hybridized carbons (Fsp3) is 0.316. The summed E-state index contributed by atoms with van der Waals surface area (Å²) in [5, 5.41) is 5.16. The zero-order chi connectivity index (χ0) is 22.6. The molecular weight excluding hydrogens is 444 g/mol. The van der Waals surface area contributed by atoms with Crippen molar-refractivity contribution in [3.8, 4) is 5.88 Å². The Kier molecular flexibility index (Phi) is 6.84. The van der Waals surface area contributed by atoms with Gasteiger partial charge in [-0.3, -0.25) is 4.79 Å². The molecule has 0 spiro atoms. The molecule has 3 rings (SSSR count). The maximum Gasteiger partial charge on any atom is 0.422 e. The van der Waals surface area contributed by atoms with E-state index in [4.69, 9.17) is 11.6 Å². The van der Waals surface area contributed by atoms with Crippen molar-refractivity contribution in [3.63, 3.8) is 0 Å². The Morgan fingerprint density at radius 2 is 2.03 bits per heavy atom. The lowest BCUT2D eigenvalue weighted by Crippen LogP contribution is -2.53. The number of rotatable bonds is 5. The van der Waals surface area contributed by atoms with Crippen molar-refractivity contribution in [2.75, 3.05) is 26.2 Å². The molecule has 2 aromatic rings. The highest BCUT2D eigenvalue weighted by molar-refractivity contribution is 6.30. The number of pyridine rings is 1. The highest BCUT2D eigenvalue weighted by Gasteiger charge is 2.29. The van der Waals surface area contributed by atoms with E-state index in [9.17, 15) is 27.2 Å². The summed E-state index contributed by atoms with van der Waals surface area (Å²) in [6.07, 6.45) is -3.28. The van der Waals surface area contributed by atoms with Crippen molar-refractivity contribution in [3.05, 3.63) is 58.5 Å². The van der Waals surface area contributed by atoms with Crippen molar-refractivity contribution >= 4 is 23.5 Å². The van der Waals surface area contributed by atoms with Gasteiger partial charge in [-0.05, 0) is 29.3 Å². The number of nitrogens with one attached hydrogen (secondary N) is 2. The fourth-order valence-electron chi connectivity index (χ4n) is 2.88. The van der Waals surface area contributed by atoms with Gasteiger partial charge in [0.25, 0.3) is 0 Å². The van der Waals surface area contributed by atoms with Gasteiger partial charge in [-0.1, -0.05) is 17.7 Å². The fourth-order valence-corrected chi connectivity index (χ4v) is 3.07. The molecule has 1 aliphatic rings. The van der Waals surface area contributed by atoms with Gasteiger partial charge in [-0.25, -0.2) is 14.2 Å². The molecule has 1 aliphatic heterocycles. The van der Waals surface area contributed by atoms with E-state index in [1.165, 1.54) is 35.4 Å². The van der Waals surface area contributed by atoms with Crippen molar-refractivity contribution in [2.45, 2.75) is 12.2 Å². The van der Waals surface area contributed by atoms with Gasteiger partial charge in [0.15, 0.2) is 6.61 Å². The van der Waals surface area contributed by atoms with Crippen LogP contribution in [0.15, 0.2) is 36.5 Å². The normalized spacial score (nSPS) is 15.3. The van der Waals surface area contributed by atoms with Crippen LogP contribution in [-0.2, 0) is 4.79 Å². The lowest BCUT2D eigenvalue weighted by molar-refractivity contribution is -0.154. The standard InChI is InChI=1S/C19H17ClF4N4O3/c20-13-7-11(1-3-14(13)21)17(27-18(30)28-6-5-25-15(29)9-28)12-2-4-16(26-8-12)31-10-19(22,23)24/h1-4,7-8,17H,5-6,9-10H2,(H,25,29)(H,27,30)/t17-/m1/s1. The predicted octanol–water partition coefficient (Wildman–Crippen LogP) is 3.05. The molecule has 0 bridgehead atoms. The Balaban J connectivity index is 1.84. The third-order valence-electron chi connectivity index (χ3n) is 4.35. The number of aromatic nitrogens is 1. The monoisotopic (exact) mass is 460 g/mol. The topological polar surface area (TPSA) is 83.6 Å². The van der Waals surface area contributed by atoms with Crippen LogP contribution in [-0.4, -0.2) is 54.2 Å². The third-order valence-corrected chi connectivity index (χ3v) is 4.64. The Morgan fingerprint density at radius 1 is 1.29 bits per heavy atom. The molecule has 0 radical (unpaired) electrons. The van der Waals surface area contributed by atoms with Gasteiger partial charge in [0.2, 0.25) is 11.8 Å². The number of hydrogen-bond donors (Lipinski definition) is 2. The summed E-state index contributed by atoms with van der Waals surface area (Å²) in [7, 11) is 0. The maximum absolute atomic E-state index is 13.6. The van der Waals surface area contributed by atoms with Crippen molar-refractivity contribution in [1.82, 2.24) is 20.5 Å². The van der Waals surface area contributed by atoms with Crippen molar-refractivity contribution < 1.29 is 31.9 Å². The number of amides is 3. The highest BCUT2D eigenvalue weighted by Crippen LogP contribution is 2.27. The van der Waals surface area contributed by atoms with E-state index in [2.05, 4.69) is 20.4 Å². The first-order valence-corrected chi connectivity index (χ1v) is 9.43. The number of hydrogen-bond acceptors (Lipinski definition) is 4. The van der Waals surface area contributed by atoms with E-state index < -0.39 is 30.7 Å². The van der Waals surface area contributed by atoms with Crippen LogP contribution in [0.3, 0.4) is 0 Å². The molecule has 1 aromatic heterocycles. The molecule has 0 saturated carbocycles. The molecule has 31 heavy (non-hydrogen) atoms. The molecule has 1 saturated heterocycles. The van der Waals surface area contributed by atoms with Crippen LogP contribution in [0, 0.1) is 5.82 Å². The second-order valence-corrected chi connectivity index (χ2v) is 7.07. The molecule has 7 nitrogen and oxygen atoms in total. The first kappa shape index (κ1) is 22.6. The van der Waals surface area contributed by atoms with Crippen LogP contribution in [0.2, 0.25) is 5.02 Å². The first-order valence-electron chi connectivity index (χ1n) is 9.05. The number of piperazine rings is 1. The van der Waals surface area contributed by atoms with Gasteiger partial charge >= 0.3 is 12.2 Å². The van der Waals surface area contributed by atoms with Gasteiger partial charge in [0.05, 0.1) is 11.1 Å². The minimum atomic E-state index is -4.51. The Bertz CT molecular complexity index is 956. The van der Waals surface area contributed by atoms with Crippen LogP contribution in [0.5, 0.6) is 5.88 Å². The smallest absolute Gasteiger partial charge is 0.422 e. The summed E-state index contributed by atoms with van der Waals surface area (Å²) in [4.78, 5) is 29.4. The molecule has 12 heteroatoms. The average Bonchev–Trinajstić information content (AvgIpc) is 2.72. The van der Waals surface area contributed by atoms with Crippen LogP contribution >= 0.6 is 11.6 Å². The number of benzene rings is 1. The number of carbonyl (C=O) groups excluding carboxylic acids is 2. The zero-order valence-corrected chi connectivity index (χ0v) is 16.6. The molecular formula is C19H17ClF4N4O3. The van der Waals surface area contributed by atoms with Gasteiger partial charge in [0.1, 0.15) is 12.4 Å². The first-order chi connectivity index (χ1) is 14.6. The number of halogens is 5. The molecule has 0 aliphatic carbocycles. The predicted molar refractivity (Wildman–Crippen MR) is 102 cm³/mol. The molecule has 1 aromatic carbocycles. The zero-order valence-electron chi connectivity index (χ0n) is 15.9. The minimum Gasteiger partial charge on any atom is -0.468 e. The van der Waals surface area contributed by atoms with E-state index >= 15 is 0 Å². The summed E-state index contributed by atoms with van der Waals surface area (Å²) in [5.41, 5.74) is 0.795. The molecule has 3 amide bonds. The van der Waals surface area contributed by atoms with Gasteiger partial charge in [-0.15, -0.1) is 0 Å². The Morgan fingerprint density at radius 3 is 2.65 bits per heavy atom. The summed E-state index contributed by atoms with van der Waals surface area (Å²) < 4.78 is 55.1. The third kappa shape index (κ3) is 6.20. The molecule has 2 N–H and O–H groups in total. The van der Waals surface area contributed by atoms with Crippen molar-refractivity contribution in [2.24, 2.45) is 0 Å². The SMILES string of the molecule is O=C1CN(C(=O)N[C@@H](c2ccc(OCC(F)(F)F)nc2)c2ccc(F)c(Cl)c2)CCN1. The van der Waals surface area contributed by atoms with Gasteiger partial charge in [0, 0.05) is 25.4 Å². The van der Waals surface area contributed by atoms with Crippen LogP contribution in [0.4, 0.5) is 22.4 Å². The quantitative estimate of drug-likeness (QED) is 0.672. The summed E-state index contributed by atoms with van der Waals surface area (Å²) in [6.45, 7) is -1.04. The molecule has 0 unspecified atom stereocenters. The second-order valence-electron chi connectivity index (χ2n) is 6.66. The number of carbonyl (C=O) groups is 2. The molecule has 166 valence electrons. The lowest BCUT2D eigenvalue weighted by Gasteiger charge is -2.29. The van der Waals surface area contributed by atoms with E-state index in [0.29, 0.717) is 17.7 Å². The minimum absolute atomic E-state index is 0.134. The van der Waals surface area contributed by atoms with E-state index in [1.54, 1.807) is 0 Å². The molecule has 2 heterocycles. The van der Waals surface area contributed by atoms with E-state index in [0.717, 1.165) is 6.07 Å². The number of urea groups is 1. The Hall–Kier alpha value is -3.08. The largest absolute Gasteiger partial charge is 0.468 e. The lowest BCUT2D eigenvalue weighted by atomic mass is 10.00. The number of alkyl halides is 3. The molecule has 1 fully saturated rings. The molecule has 1 atom stereocenters. The maximum atomic E-state index is 13.6. The van der Waals surface area contributed by atoms with E-state index in [1.807, 2.05) is 0 Å². The van der Waals surface area contributed by atoms with Gasteiger partial charge in [-0.2, -0.15) is 13.2 Å². The average molecular weight is 461 g/mol. The van der Waals surface area contributed by atoms with Crippen LogP contribution in [0.25, 0.3) is 0 Å².